The molecule has 2 aliphatic heterocycles. The second-order valence-corrected chi connectivity index (χ2v) is 16.0. The van der Waals surface area contributed by atoms with Gasteiger partial charge in [-0.15, -0.1) is 21.5 Å². The second-order valence-electron chi connectivity index (χ2n) is 15.2. The van der Waals surface area contributed by atoms with Crippen LogP contribution in [0.4, 0.5) is 11.5 Å². The lowest BCUT2D eigenvalue weighted by molar-refractivity contribution is -0.142. The molecule has 2 aromatic heterocycles. The number of aryl methyl sites for hydroxylation is 1. The molecule has 0 radical (unpaired) electrons. The number of amides is 1. The first-order chi connectivity index (χ1) is 25.3. The molecule has 1 amide bonds. The Morgan fingerprint density at radius 3 is 2.45 bits per heavy atom. The molecule has 13 heteroatoms. The third-order valence-corrected chi connectivity index (χ3v) is 11.3. The lowest BCUT2D eigenvalue weighted by Crippen LogP contribution is -2.49. The normalized spacial score (nSPS) is 18.6. The number of benzene rings is 2. The van der Waals surface area contributed by atoms with Crippen molar-refractivity contribution in [3.8, 4) is 27.4 Å². The number of aromatic hydroxyl groups is 1. The third kappa shape index (κ3) is 8.86. The average Bonchev–Trinajstić information content (AvgIpc) is 3.75. The van der Waals surface area contributed by atoms with Gasteiger partial charge in [-0.25, -0.2) is 4.98 Å². The van der Waals surface area contributed by atoms with Crippen molar-refractivity contribution in [3.63, 3.8) is 0 Å². The Bertz CT molecular complexity index is 1930. The quantitative estimate of drug-likeness (QED) is 0.157. The number of Topliss-reactive ketones (excluding diaryl/α,β-unsaturated/α-hetero) is 1. The Kier molecular flexibility index (Phi) is 11.5. The summed E-state index contributed by atoms with van der Waals surface area (Å²) in [6.07, 6.45) is -0.170. The maximum absolute atomic E-state index is 14.2. The van der Waals surface area contributed by atoms with Gasteiger partial charge in [0.2, 0.25) is 5.91 Å². The number of rotatable bonds is 12. The number of piperazine rings is 1. The maximum atomic E-state index is 14.2. The smallest absolute Gasteiger partial charge is 0.227 e. The molecule has 4 aromatic rings. The molecular formula is C40H50N8O4S. The number of nitrogens with one attached hydrogen (secondary N) is 1. The highest BCUT2D eigenvalue weighted by Crippen LogP contribution is 2.35. The van der Waals surface area contributed by atoms with Crippen LogP contribution in [0.5, 0.6) is 5.75 Å². The first-order valence-corrected chi connectivity index (χ1v) is 19.0. The molecule has 5 N–H and O–H groups in total. The van der Waals surface area contributed by atoms with E-state index < -0.39 is 17.4 Å². The van der Waals surface area contributed by atoms with E-state index in [2.05, 4.69) is 61.1 Å². The number of thiazole rings is 1. The molecule has 3 atom stereocenters. The molecule has 0 unspecified atom stereocenters. The zero-order valence-corrected chi connectivity index (χ0v) is 31.8. The Labute approximate surface area is 315 Å². The monoisotopic (exact) mass is 738 g/mol. The van der Waals surface area contributed by atoms with E-state index in [1.54, 1.807) is 34.4 Å². The summed E-state index contributed by atoms with van der Waals surface area (Å²) in [5, 5.41) is 32.8. The van der Waals surface area contributed by atoms with Crippen LogP contribution in [0.25, 0.3) is 21.7 Å². The number of aromatic nitrogens is 3. The molecule has 280 valence electrons. The Hall–Kier alpha value is -4.85. The van der Waals surface area contributed by atoms with Gasteiger partial charge in [0.1, 0.15) is 11.5 Å². The Morgan fingerprint density at radius 1 is 1.08 bits per heavy atom. The van der Waals surface area contributed by atoms with Crippen molar-refractivity contribution < 1.29 is 19.8 Å². The predicted molar refractivity (Wildman–Crippen MR) is 209 cm³/mol. The van der Waals surface area contributed by atoms with E-state index in [9.17, 15) is 19.8 Å². The molecule has 2 aromatic carbocycles. The Balaban J connectivity index is 1.04. The lowest BCUT2D eigenvalue weighted by atomic mass is 9.76. The van der Waals surface area contributed by atoms with Gasteiger partial charge in [-0.05, 0) is 41.7 Å². The predicted octanol–water partition coefficient (Wildman–Crippen LogP) is 4.87. The van der Waals surface area contributed by atoms with E-state index >= 15 is 0 Å². The highest BCUT2D eigenvalue weighted by molar-refractivity contribution is 7.13. The third-order valence-electron chi connectivity index (χ3n) is 10.3. The van der Waals surface area contributed by atoms with Gasteiger partial charge in [0.05, 0.1) is 46.2 Å². The first-order valence-electron chi connectivity index (χ1n) is 18.1. The van der Waals surface area contributed by atoms with Gasteiger partial charge in [-0.1, -0.05) is 63.7 Å². The summed E-state index contributed by atoms with van der Waals surface area (Å²) in [6.45, 7) is 15.8. The molecule has 4 heterocycles. The van der Waals surface area contributed by atoms with Crippen molar-refractivity contribution >= 4 is 34.5 Å². The standard InChI is InChI=1S/C40H50N8O4S/c1-25(42-21-27-10-12-28(13-11-27)37-26(2)43-24-53-37)34-19-30(50)23-48(34)39(52)32(40(3,4)5)18-29(49)22-46-14-16-47(17-15-46)35-20-33(44-45-38(35)41)31-8-6-7-9-36(31)51/h6-13,20,24,30,32,34,42,50-51H,1,14-19,21-23H2,2-5H3,(H2,41,45)/t30-,32+,34-/m0/s1. The second kappa shape index (κ2) is 16.0. The van der Waals surface area contributed by atoms with Crippen molar-refractivity contribution in [2.24, 2.45) is 11.3 Å². The number of hydrogen-bond acceptors (Lipinski definition) is 12. The fourth-order valence-electron chi connectivity index (χ4n) is 7.19. The summed E-state index contributed by atoms with van der Waals surface area (Å²) >= 11 is 1.62. The Morgan fingerprint density at radius 2 is 1.79 bits per heavy atom. The molecule has 2 saturated heterocycles. The van der Waals surface area contributed by atoms with Gasteiger partial charge in [0.15, 0.2) is 5.82 Å². The number of para-hydroxylation sites is 1. The van der Waals surface area contributed by atoms with Crippen LogP contribution in [0.3, 0.4) is 0 Å². The number of hydrogen-bond donors (Lipinski definition) is 4. The van der Waals surface area contributed by atoms with Crippen LogP contribution in [-0.4, -0.2) is 98.3 Å². The van der Waals surface area contributed by atoms with Crippen molar-refractivity contribution in [1.29, 1.82) is 0 Å². The van der Waals surface area contributed by atoms with Crippen LogP contribution in [0, 0.1) is 18.3 Å². The van der Waals surface area contributed by atoms with Gasteiger partial charge >= 0.3 is 0 Å². The zero-order chi connectivity index (χ0) is 37.9. The van der Waals surface area contributed by atoms with Crippen molar-refractivity contribution in [3.05, 3.63) is 83.6 Å². The van der Waals surface area contributed by atoms with Gasteiger partial charge in [0.25, 0.3) is 0 Å². The summed E-state index contributed by atoms with van der Waals surface area (Å²) in [5.74, 6) is -0.268. The molecule has 0 spiro atoms. The van der Waals surface area contributed by atoms with Gasteiger partial charge in [-0.3, -0.25) is 14.5 Å². The number of anilines is 2. The van der Waals surface area contributed by atoms with E-state index in [0.717, 1.165) is 27.4 Å². The lowest BCUT2D eigenvalue weighted by Gasteiger charge is -2.37. The van der Waals surface area contributed by atoms with Gasteiger partial charge < -0.3 is 31.1 Å². The minimum atomic E-state index is -0.670. The number of nitrogen functional groups attached to an aromatic ring is 1. The van der Waals surface area contributed by atoms with Gasteiger partial charge in [0, 0.05) is 69.3 Å². The molecule has 12 nitrogen and oxygen atoms in total. The van der Waals surface area contributed by atoms with E-state index in [-0.39, 0.29) is 43.0 Å². The minimum Gasteiger partial charge on any atom is -0.507 e. The largest absolute Gasteiger partial charge is 0.507 e. The summed E-state index contributed by atoms with van der Waals surface area (Å²) in [4.78, 5) is 39.3. The maximum Gasteiger partial charge on any atom is 0.227 e. The van der Waals surface area contributed by atoms with Crippen molar-refractivity contribution in [2.45, 2.75) is 59.2 Å². The highest BCUT2D eigenvalue weighted by atomic mass is 32.1. The number of aliphatic hydroxyl groups is 1. The average molecular weight is 739 g/mol. The topological polar surface area (TPSA) is 161 Å². The number of β-amino-alcohol motifs (C(OH)–C–C–N with tert-alkyl or cyclic N) is 1. The summed E-state index contributed by atoms with van der Waals surface area (Å²) < 4.78 is 0. The molecular weight excluding hydrogens is 689 g/mol. The van der Waals surface area contributed by atoms with Crippen LogP contribution in [0.2, 0.25) is 0 Å². The number of nitrogens with zero attached hydrogens (tertiary/aromatic N) is 6. The van der Waals surface area contributed by atoms with E-state index in [0.29, 0.717) is 61.9 Å². The number of nitrogens with two attached hydrogens (primary N) is 1. The molecule has 0 saturated carbocycles. The van der Waals surface area contributed by atoms with Crippen LogP contribution < -0.4 is 16.0 Å². The molecule has 6 rings (SSSR count). The van der Waals surface area contributed by atoms with Crippen molar-refractivity contribution in [1.82, 2.24) is 30.3 Å². The van der Waals surface area contributed by atoms with E-state index in [1.807, 2.05) is 45.3 Å². The first kappa shape index (κ1) is 37.9. The molecule has 2 aliphatic rings. The number of carbonyl (C=O) groups is 2. The number of likely N-dealkylation sites (tertiary alicyclic amines) is 1. The van der Waals surface area contributed by atoms with Crippen molar-refractivity contribution in [2.75, 3.05) is 49.9 Å². The molecule has 53 heavy (non-hydrogen) atoms. The number of aliphatic hydroxyl groups excluding tert-OH is 1. The number of ketones is 1. The summed E-state index contributed by atoms with van der Waals surface area (Å²) in [6, 6.07) is 16.7. The molecule has 2 fully saturated rings. The van der Waals surface area contributed by atoms with Crippen LogP contribution >= 0.6 is 11.3 Å². The number of carbonyl (C=O) groups excluding carboxylic acids is 2. The van der Waals surface area contributed by atoms with Gasteiger partial charge in [-0.2, -0.15) is 0 Å². The minimum absolute atomic E-state index is 0.00359. The molecule has 0 bridgehead atoms. The van der Waals surface area contributed by atoms with Crippen LogP contribution in [0.15, 0.2) is 72.4 Å². The fourth-order valence-corrected chi connectivity index (χ4v) is 8.00. The zero-order valence-electron chi connectivity index (χ0n) is 31.0. The van der Waals surface area contributed by atoms with Crippen LogP contribution in [-0.2, 0) is 16.1 Å². The number of phenols is 1. The number of phenolic OH excluding ortho intramolecular Hbond substituents is 1. The highest BCUT2D eigenvalue weighted by Gasteiger charge is 2.43. The van der Waals surface area contributed by atoms with E-state index in [4.69, 9.17) is 5.73 Å². The van der Waals surface area contributed by atoms with Crippen LogP contribution in [0.1, 0.15) is 44.9 Å². The molecule has 0 aliphatic carbocycles. The summed E-state index contributed by atoms with van der Waals surface area (Å²) in [5.41, 5.74) is 13.3. The SMILES string of the molecule is C=C(NCc1ccc(-c2scnc2C)cc1)[C@@H]1C[C@H](O)CN1C(=O)[C@@H](CC(=O)CN1CCN(c2cc(-c3ccccc3O)nnc2N)CC1)C(C)(C)C. The van der Waals surface area contributed by atoms with E-state index in [1.165, 1.54) is 0 Å². The summed E-state index contributed by atoms with van der Waals surface area (Å²) in [7, 11) is 0. The fraction of sp³-hybridized carbons (Fsp3) is 0.425.